The van der Waals surface area contributed by atoms with Gasteiger partial charge in [-0.25, -0.2) is 4.79 Å². The van der Waals surface area contributed by atoms with Crippen molar-refractivity contribution >= 4 is 22.7 Å². The molecule has 0 bridgehead atoms. The summed E-state index contributed by atoms with van der Waals surface area (Å²) in [7, 11) is 0. The molecule has 0 fully saturated rings. The average molecular weight is 342 g/mol. The van der Waals surface area contributed by atoms with Crippen LogP contribution in [0, 0.1) is 13.8 Å². The largest absolute Gasteiger partial charge is 0.420 e. The summed E-state index contributed by atoms with van der Waals surface area (Å²) in [6.07, 6.45) is 0. The second-order valence-electron chi connectivity index (χ2n) is 6.46. The molecule has 0 spiro atoms. The summed E-state index contributed by atoms with van der Waals surface area (Å²) in [5.74, 6) is -0.835. The summed E-state index contributed by atoms with van der Waals surface area (Å²) in [6.45, 7) is 9.51. The molecule has 1 amide bonds. The minimum Gasteiger partial charge on any atom is -0.408 e. The molecule has 2 aromatic heterocycles. The monoisotopic (exact) mass is 342 g/mol. The molecule has 2 heterocycles. The van der Waals surface area contributed by atoms with Gasteiger partial charge in [-0.05, 0) is 46.8 Å². The highest BCUT2D eigenvalue weighted by atomic mass is 16.4. The number of anilines is 1. The van der Waals surface area contributed by atoms with E-state index < -0.39 is 11.8 Å². The molecule has 0 aliphatic heterocycles. The number of carbonyl (C=O) groups is 1. The maximum atomic E-state index is 12.7. The van der Waals surface area contributed by atoms with Crippen molar-refractivity contribution in [3.05, 3.63) is 46.2 Å². The van der Waals surface area contributed by atoms with Gasteiger partial charge >= 0.3 is 5.76 Å². The number of nitrogens with one attached hydrogen (secondary N) is 1. The Bertz CT molecular complexity index is 994. The second-order valence-corrected chi connectivity index (χ2v) is 6.46. The minimum atomic E-state index is -0.711. The van der Waals surface area contributed by atoms with Crippen LogP contribution in [0.4, 0.5) is 5.69 Å². The molecule has 0 aliphatic rings. The Labute approximate surface area is 145 Å². The molecule has 3 aromatic rings. The van der Waals surface area contributed by atoms with Gasteiger partial charge in [-0.2, -0.15) is 5.10 Å². The van der Waals surface area contributed by atoms with Crippen LogP contribution in [0.1, 0.15) is 44.2 Å². The number of rotatable bonds is 4. The van der Waals surface area contributed by atoms with Crippen LogP contribution in [-0.2, 0) is 4.79 Å². The number of amides is 1. The van der Waals surface area contributed by atoms with E-state index in [9.17, 15) is 9.59 Å². The first kappa shape index (κ1) is 17.0. The lowest BCUT2D eigenvalue weighted by Gasteiger charge is -2.14. The van der Waals surface area contributed by atoms with Crippen molar-refractivity contribution in [1.82, 2.24) is 14.3 Å². The van der Waals surface area contributed by atoms with E-state index in [2.05, 4.69) is 10.4 Å². The van der Waals surface area contributed by atoms with E-state index in [0.717, 1.165) is 11.4 Å². The topological polar surface area (TPSA) is 82.1 Å². The van der Waals surface area contributed by atoms with Crippen molar-refractivity contribution in [2.45, 2.75) is 46.7 Å². The second kappa shape index (κ2) is 6.23. The highest BCUT2D eigenvalue weighted by molar-refractivity contribution is 5.95. The van der Waals surface area contributed by atoms with Gasteiger partial charge in [0.05, 0.1) is 22.6 Å². The molecular weight excluding hydrogens is 320 g/mol. The Morgan fingerprint density at radius 2 is 1.88 bits per heavy atom. The standard InChI is InChI=1S/C18H22N4O3/c1-10(2)22-12(4)16(11(3)20-22)19-17(23)13(5)21-14-8-6-7-9-15(14)25-18(21)24/h6-10,13H,1-5H3,(H,19,23). The van der Waals surface area contributed by atoms with Gasteiger partial charge in [-0.3, -0.25) is 14.0 Å². The first-order valence-electron chi connectivity index (χ1n) is 8.28. The fourth-order valence-corrected chi connectivity index (χ4v) is 3.04. The summed E-state index contributed by atoms with van der Waals surface area (Å²) in [5.41, 5.74) is 3.38. The number of carbonyl (C=O) groups excluding carboxylic acids is 1. The molecule has 1 N–H and O–H groups in total. The number of nitrogens with zero attached hydrogens (tertiary/aromatic N) is 3. The van der Waals surface area contributed by atoms with Crippen LogP contribution in [0.5, 0.6) is 0 Å². The fraction of sp³-hybridized carbons (Fsp3) is 0.389. The maximum Gasteiger partial charge on any atom is 0.420 e. The summed E-state index contributed by atoms with van der Waals surface area (Å²) in [5, 5.41) is 7.38. The van der Waals surface area contributed by atoms with Crippen LogP contribution < -0.4 is 11.1 Å². The zero-order chi connectivity index (χ0) is 18.3. The molecule has 25 heavy (non-hydrogen) atoms. The van der Waals surface area contributed by atoms with E-state index >= 15 is 0 Å². The average Bonchev–Trinajstić information content (AvgIpc) is 3.04. The Morgan fingerprint density at radius 3 is 2.52 bits per heavy atom. The summed E-state index contributed by atoms with van der Waals surface area (Å²) >= 11 is 0. The summed E-state index contributed by atoms with van der Waals surface area (Å²) in [6, 6.07) is 6.54. The SMILES string of the molecule is Cc1nn(C(C)C)c(C)c1NC(=O)C(C)n1c(=O)oc2ccccc21. The van der Waals surface area contributed by atoms with Crippen molar-refractivity contribution in [3.8, 4) is 0 Å². The van der Waals surface area contributed by atoms with Gasteiger partial charge in [0, 0.05) is 6.04 Å². The van der Waals surface area contributed by atoms with Gasteiger partial charge < -0.3 is 9.73 Å². The van der Waals surface area contributed by atoms with Gasteiger partial charge in [0.25, 0.3) is 0 Å². The summed E-state index contributed by atoms with van der Waals surface area (Å²) < 4.78 is 8.45. The number of hydrogen-bond acceptors (Lipinski definition) is 4. The maximum absolute atomic E-state index is 12.7. The molecule has 3 rings (SSSR count). The van der Waals surface area contributed by atoms with Crippen molar-refractivity contribution < 1.29 is 9.21 Å². The van der Waals surface area contributed by atoms with E-state index in [1.165, 1.54) is 4.57 Å². The third-order valence-corrected chi connectivity index (χ3v) is 4.35. The molecule has 1 aromatic carbocycles. The van der Waals surface area contributed by atoms with E-state index in [-0.39, 0.29) is 11.9 Å². The smallest absolute Gasteiger partial charge is 0.408 e. The molecule has 7 nitrogen and oxygen atoms in total. The van der Waals surface area contributed by atoms with Crippen LogP contribution in [0.25, 0.3) is 11.1 Å². The molecule has 0 radical (unpaired) electrons. The van der Waals surface area contributed by atoms with Crippen molar-refractivity contribution in [2.75, 3.05) is 5.32 Å². The predicted molar refractivity (Wildman–Crippen MR) is 95.9 cm³/mol. The third kappa shape index (κ3) is 2.86. The van der Waals surface area contributed by atoms with Gasteiger partial charge in [-0.1, -0.05) is 12.1 Å². The lowest BCUT2D eigenvalue weighted by atomic mass is 10.2. The zero-order valence-electron chi connectivity index (χ0n) is 15.0. The number of hydrogen-bond donors (Lipinski definition) is 1. The molecule has 1 atom stereocenters. The highest BCUT2D eigenvalue weighted by Gasteiger charge is 2.23. The lowest BCUT2D eigenvalue weighted by Crippen LogP contribution is -2.29. The molecule has 0 saturated carbocycles. The molecule has 0 saturated heterocycles. The van der Waals surface area contributed by atoms with E-state index in [1.54, 1.807) is 31.2 Å². The van der Waals surface area contributed by atoms with Crippen LogP contribution in [0.15, 0.2) is 33.5 Å². The number of benzene rings is 1. The third-order valence-electron chi connectivity index (χ3n) is 4.35. The van der Waals surface area contributed by atoms with Crippen LogP contribution in [0.3, 0.4) is 0 Å². The Kier molecular flexibility index (Phi) is 4.24. The quantitative estimate of drug-likeness (QED) is 0.789. The molecule has 132 valence electrons. The Balaban J connectivity index is 1.94. The van der Waals surface area contributed by atoms with Gasteiger partial charge in [0.2, 0.25) is 5.91 Å². The predicted octanol–water partition coefficient (Wildman–Crippen LogP) is 3.19. The molecular formula is C18H22N4O3. The van der Waals surface area contributed by atoms with Gasteiger partial charge in [-0.15, -0.1) is 0 Å². The fourth-order valence-electron chi connectivity index (χ4n) is 3.04. The Hall–Kier alpha value is -2.83. The zero-order valence-corrected chi connectivity index (χ0v) is 15.0. The van der Waals surface area contributed by atoms with Gasteiger partial charge in [0.1, 0.15) is 6.04 Å². The normalized spacial score (nSPS) is 12.7. The Morgan fingerprint density at radius 1 is 1.20 bits per heavy atom. The van der Waals surface area contributed by atoms with Crippen LogP contribution in [-0.4, -0.2) is 20.3 Å². The minimum absolute atomic E-state index is 0.196. The summed E-state index contributed by atoms with van der Waals surface area (Å²) in [4.78, 5) is 24.9. The van der Waals surface area contributed by atoms with Crippen LogP contribution >= 0.6 is 0 Å². The number of aromatic nitrogens is 3. The molecule has 7 heteroatoms. The van der Waals surface area contributed by atoms with E-state index in [4.69, 9.17) is 4.42 Å². The van der Waals surface area contributed by atoms with Crippen molar-refractivity contribution in [1.29, 1.82) is 0 Å². The molecule has 1 unspecified atom stereocenters. The van der Waals surface area contributed by atoms with Crippen molar-refractivity contribution in [3.63, 3.8) is 0 Å². The number of aryl methyl sites for hydroxylation is 1. The van der Waals surface area contributed by atoms with Crippen LogP contribution in [0.2, 0.25) is 0 Å². The first-order chi connectivity index (χ1) is 11.8. The number of para-hydroxylation sites is 2. The molecule has 0 aliphatic carbocycles. The van der Waals surface area contributed by atoms with E-state index in [0.29, 0.717) is 16.8 Å². The lowest BCUT2D eigenvalue weighted by molar-refractivity contribution is -0.118. The van der Waals surface area contributed by atoms with E-state index in [1.807, 2.05) is 32.4 Å². The van der Waals surface area contributed by atoms with Gasteiger partial charge in [0.15, 0.2) is 5.58 Å². The number of fused-ring (bicyclic) bond motifs is 1. The number of oxazole rings is 1. The van der Waals surface area contributed by atoms with Crippen molar-refractivity contribution in [2.24, 2.45) is 0 Å². The first-order valence-corrected chi connectivity index (χ1v) is 8.28. The highest BCUT2D eigenvalue weighted by Crippen LogP contribution is 2.24.